The second-order valence-corrected chi connectivity index (χ2v) is 11.1. The van der Waals surface area contributed by atoms with Crippen molar-refractivity contribution in [2.45, 2.75) is 30.6 Å². The first-order valence-electron chi connectivity index (χ1n) is 5.50. The van der Waals surface area contributed by atoms with E-state index in [0.29, 0.717) is 12.5 Å². The quantitative estimate of drug-likeness (QED) is 0.255. The van der Waals surface area contributed by atoms with Crippen LogP contribution in [0.5, 0.6) is 0 Å². The van der Waals surface area contributed by atoms with Crippen molar-refractivity contribution in [3.63, 3.8) is 0 Å². The van der Waals surface area contributed by atoms with Crippen LogP contribution in [0.2, 0.25) is 6.04 Å². The molecule has 0 spiro atoms. The highest BCUT2D eigenvalue weighted by Gasteiger charge is 2.31. The maximum absolute atomic E-state index is 11.4. The Balaban J connectivity index is 3.96. The summed E-state index contributed by atoms with van der Waals surface area (Å²) < 4.78 is 4.32. The molecule has 0 amide bonds. The van der Waals surface area contributed by atoms with Crippen molar-refractivity contribution in [2.75, 3.05) is 25.3 Å². The van der Waals surface area contributed by atoms with Gasteiger partial charge >= 0.3 is 5.97 Å². The summed E-state index contributed by atoms with van der Waals surface area (Å²) in [4.78, 5) is 11.4. The molecule has 7 heteroatoms. The second kappa shape index (κ2) is 7.47. The van der Waals surface area contributed by atoms with Crippen LogP contribution in [0.15, 0.2) is 0 Å². The largest absolute Gasteiger partial charge is 0.465 e. The molecule has 3 N–H and O–H groups in total. The zero-order valence-electron chi connectivity index (χ0n) is 10.3. The zero-order chi connectivity index (χ0) is 13.5. The highest BCUT2D eigenvalue weighted by molar-refractivity contribution is 9.10. The number of rotatable bonds is 8. The van der Waals surface area contributed by atoms with Crippen molar-refractivity contribution < 1.29 is 24.9 Å². The van der Waals surface area contributed by atoms with Gasteiger partial charge in [0.25, 0.3) is 0 Å². The lowest BCUT2D eigenvalue weighted by molar-refractivity contribution is -0.145. The van der Waals surface area contributed by atoms with Gasteiger partial charge in [0.05, 0.1) is 6.61 Å². The number of hydrogen-bond acceptors (Lipinski definition) is 5. The van der Waals surface area contributed by atoms with Gasteiger partial charge < -0.3 is 20.1 Å². The molecule has 0 atom stereocenters. The Morgan fingerprint density at radius 1 is 1.24 bits per heavy atom. The Kier molecular flexibility index (Phi) is 7.50. The van der Waals surface area contributed by atoms with Gasteiger partial charge in [-0.05, 0) is 26.3 Å². The fraction of sp³-hybridized carbons (Fsp3) is 0.900. The predicted molar refractivity (Wildman–Crippen MR) is 70.4 cm³/mol. The van der Waals surface area contributed by atoms with Crippen LogP contribution < -0.4 is 0 Å². The zero-order valence-corrected chi connectivity index (χ0v) is 12.9. The number of alkyl halides is 1. The average molecular weight is 329 g/mol. The van der Waals surface area contributed by atoms with Gasteiger partial charge in [0.2, 0.25) is 0 Å². The maximum Gasteiger partial charge on any atom is 0.322 e. The minimum atomic E-state index is -2.37. The predicted octanol–water partition coefficient (Wildman–Crippen LogP) is 0.137. The third kappa shape index (κ3) is 5.96. The Morgan fingerprint density at radius 2 is 1.71 bits per heavy atom. The average Bonchev–Trinajstić information content (AvgIpc) is 2.29. The van der Waals surface area contributed by atoms with Crippen molar-refractivity contribution in [3.05, 3.63) is 0 Å². The van der Waals surface area contributed by atoms with Crippen LogP contribution in [0, 0.1) is 0 Å². The van der Waals surface area contributed by atoms with Gasteiger partial charge in [-0.2, -0.15) is 0 Å². The summed E-state index contributed by atoms with van der Waals surface area (Å²) in [6, 6.07) is 0.534. The Hall–Kier alpha value is 0.0469. The molecule has 0 unspecified atom stereocenters. The molecule has 0 aromatic rings. The van der Waals surface area contributed by atoms with Crippen LogP contribution in [0.4, 0.5) is 0 Å². The number of halogens is 1. The number of ether oxygens (including phenoxy) is 1. The van der Waals surface area contributed by atoms with Crippen molar-refractivity contribution in [3.8, 4) is 0 Å². The summed E-state index contributed by atoms with van der Waals surface area (Å²) in [7, 11) is -2.37. The molecule has 0 aromatic carbocycles. The first kappa shape index (κ1) is 17.0. The van der Waals surface area contributed by atoms with Crippen LogP contribution in [0.25, 0.3) is 0 Å². The topological polar surface area (TPSA) is 87.0 Å². The lowest BCUT2D eigenvalue weighted by Crippen LogP contribution is -2.48. The van der Waals surface area contributed by atoms with Crippen LogP contribution in [0.1, 0.15) is 20.3 Å². The minimum absolute atomic E-state index is 0.155. The molecular weight excluding hydrogens is 308 g/mol. The van der Waals surface area contributed by atoms with Gasteiger partial charge in [0, 0.05) is 18.7 Å². The lowest BCUT2D eigenvalue weighted by atomic mass is 10.2. The fourth-order valence-electron chi connectivity index (χ4n) is 1.17. The van der Waals surface area contributed by atoms with Crippen molar-refractivity contribution in [1.82, 2.24) is 0 Å². The number of carbonyl (C=O) groups excluding carboxylic acids is 1. The summed E-state index contributed by atoms with van der Waals surface area (Å²) in [6.07, 6.45) is 0.0797. The molecule has 0 aromatic heterocycles. The van der Waals surface area contributed by atoms with E-state index in [4.69, 9.17) is 20.1 Å². The first-order valence-corrected chi connectivity index (χ1v) is 9.12. The highest BCUT2D eigenvalue weighted by Crippen LogP contribution is 2.18. The van der Waals surface area contributed by atoms with Gasteiger partial charge in [0.1, 0.15) is 12.4 Å². The van der Waals surface area contributed by atoms with E-state index in [1.54, 1.807) is 13.8 Å². The number of carbonyl (C=O) groups is 1. The number of hydrogen-bond donors (Lipinski definition) is 3. The van der Waals surface area contributed by atoms with Gasteiger partial charge in [-0.25, -0.2) is 0 Å². The summed E-state index contributed by atoms with van der Waals surface area (Å²) in [5.74, 6) is -0.346. The van der Waals surface area contributed by atoms with E-state index in [1.807, 2.05) is 0 Å². The van der Waals surface area contributed by atoms with Crippen molar-refractivity contribution in [1.29, 1.82) is 0 Å². The summed E-state index contributed by atoms with van der Waals surface area (Å²) in [6.45, 7) is 3.63. The van der Waals surface area contributed by atoms with Gasteiger partial charge in [-0.15, -0.1) is 0 Å². The van der Waals surface area contributed by atoms with E-state index in [-0.39, 0.29) is 31.3 Å². The molecular formula is C10H21BrO5Si. The molecule has 0 aliphatic carbocycles. The smallest absolute Gasteiger partial charge is 0.322 e. The Labute approximate surface area is 111 Å². The summed E-state index contributed by atoms with van der Waals surface area (Å²) in [5.41, 5.74) is 0. The van der Waals surface area contributed by atoms with Crippen LogP contribution in [-0.4, -0.2) is 59.0 Å². The van der Waals surface area contributed by atoms with Crippen LogP contribution >= 0.6 is 15.9 Å². The summed E-state index contributed by atoms with van der Waals surface area (Å²) >= 11 is 3.19. The molecule has 0 heterocycles. The standard InChI is InChI=1S/C10H21BrO5Si/c1-10(2,11)9(15)16-4-3-5-17(6-12,7-13)8-14/h12-14H,3-8H2,1-2H3. The van der Waals surface area contributed by atoms with Gasteiger partial charge in [-0.3, -0.25) is 4.79 Å². The molecule has 0 fully saturated rings. The molecule has 0 aliphatic heterocycles. The van der Waals surface area contributed by atoms with Crippen molar-refractivity contribution in [2.24, 2.45) is 0 Å². The molecule has 0 aliphatic rings. The normalized spacial score (nSPS) is 12.6. The lowest BCUT2D eigenvalue weighted by Gasteiger charge is -2.24. The Bertz CT molecular complexity index is 229. The third-order valence-electron chi connectivity index (χ3n) is 2.58. The monoisotopic (exact) mass is 328 g/mol. The molecule has 0 saturated heterocycles. The Morgan fingerprint density at radius 3 is 2.06 bits per heavy atom. The van der Waals surface area contributed by atoms with Gasteiger partial charge in [-0.1, -0.05) is 15.9 Å². The second-order valence-electron chi connectivity index (χ2n) is 4.69. The van der Waals surface area contributed by atoms with E-state index in [2.05, 4.69) is 15.9 Å². The number of aliphatic hydroxyl groups excluding tert-OH is 3. The maximum atomic E-state index is 11.4. The van der Waals surface area contributed by atoms with E-state index >= 15 is 0 Å². The van der Waals surface area contributed by atoms with E-state index < -0.39 is 12.4 Å². The SMILES string of the molecule is CC(C)(Br)C(=O)OCCC[Si](CO)(CO)CO. The summed E-state index contributed by atoms with van der Waals surface area (Å²) in [5, 5.41) is 27.4. The minimum Gasteiger partial charge on any atom is -0.465 e. The molecule has 0 bridgehead atoms. The first-order chi connectivity index (χ1) is 7.81. The number of esters is 1. The third-order valence-corrected chi connectivity index (χ3v) is 6.33. The van der Waals surface area contributed by atoms with E-state index in [0.717, 1.165) is 0 Å². The molecule has 0 radical (unpaired) electrons. The van der Waals surface area contributed by atoms with E-state index in [9.17, 15) is 4.79 Å². The van der Waals surface area contributed by atoms with Crippen LogP contribution in [0.3, 0.4) is 0 Å². The van der Waals surface area contributed by atoms with Gasteiger partial charge in [0.15, 0.2) is 0 Å². The molecule has 5 nitrogen and oxygen atoms in total. The fourth-order valence-corrected chi connectivity index (χ4v) is 2.95. The molecule has 0 rings (SSSR count). The number of aliphatic hydroxyl groups is 3. The van der Waals surface area contributed by atoms with E-state index in [1.165, 1.54) is 0 Å². The van der Waals surface area contributed by atoms with Crippen molar-refractivity contribution >= 4 is 30.0 Å². The molecule has 102 valence electrons. The molecule has 17 heavy (non-hydrogen) atoms. The highest BCUT2D eigenvalue weighted by atomic mass is 79.9. The molecule has 0 saturated carbocycles. The van der Waals surface area contributed by atoms with Crippen LogP contribution in [-0.2, 0) is 9.53 Å².